The van der Waals surface area contributed by atoms with Gasteiger partial charge in [-0.15, -0.1) is 11.3 Å². The lowest BCUT2D eigenvalue weighted by atomic mass is 10.1. The number of carbonyl (C=O) groups is 3. The Labute approximate surface area is 168 Å². The number of nitrogens with zero attached hydrogens (tertiary/aromatic N) is 3. The average Bonchev–Trinajstić information content (AvgIpc) is 3.10. The number of pyridine rings is 1. The van der Waals surface area contributed by atoms with Gasteiger partial charge in [0.25, 0.3) is 0 Å². The fourth-order valence-electron chi connectivity index (χ4n) is 2.36. The zero-order valence-electron chi connectivity index (χ0n) is 16.4. The SMILES string of the molecule is CC(=O)C(CC(=O)Nc1cccnc1)NC(=O)N(C)Cc1csc(C(C)C)n1. The Kier molecular flexibility index (Phi) is 7.62. The second-order valence-electron chi connectivity index (χ2n) is 6.79. The van der Waals surface area contributed by atoms with Crippen LogP contribution < -0.4 is 10.6 Å². The molecule has 0 spiro atoms. The van der Waals surface area contributed by atoms with Crippen molar-refractivity contribution in [2.45, 2.75) is 45.7 Å². The highest BCUT2D eigenvalue weighted by Crippen LogP contribution is 2.19. The van der Waals surface area contributed by atoms with Crippen molar-refractivity contribution in [2.75, 3.05) is 12.4 Å². The summed E-state index contributed by atoms with van der Waals surface area (Å²) in [7, 11) is 1.62. The zero-order chi connectivity index (χ0) is 20.7. The maximum Gasteiger partial charge on any atom is 0.318 e. The van der Waals surface area contributed by atoms with Crippen LogP contribution in [0.1, 0.15) is 43.8 Å². The van der Waals surface area contributed by atoms with Crippen molar-refractivity contribution >= 4 is 34.7 Å². The van der Waals surface area contributed by atoms with Gasteiger partial charge in [0.2, 0.25) is 5.91 Å². The molecule has 2 rings (SSSR count). The van der Waals surface area contributed by atoms with Crippen molar-refractivity contribution < 1.29 is 14.4 Å². The van der Waals surface area contributed by atoms with Gasteiger partial charge in [-0.2, -0.15) is 0 Å². The van der Waals surface area contributed by atoms with Gasteiger partial charge in [-0.05, 0) is 19.1 Å². The molecule has 28 heavy (non-hydrogen) atoms. The molecule has 150 valence electrons. The Morgan fingerprint density at radius 3 is 2.61 bits per heavy atom. The van der Waals surface area contributed by atoms with Gasteiger partial charge in [0.05, 0.1) is 41.6 Å². The van der Waals surface area contributed by atoms with Crippen LogP contribution in [0.5, 0.6) is 0 Å². The molecule has 2 aromatic heterocycles. The fraction of sp³-hybridized carbons (Fsp3) is 0.421. The number of anilines is 1. The molecule has 0 saturated heterocycles. The number of thiazole rings is 1. The third-order valence-electron chi connectivity index (χ3n) is 3.93. The molecule has 1 atom stereocenters. The quantitative estimate of drug-likeness (QED) is 0.705. The molecule has 3 amide bonds. The maximum absolute atomic E-state index is 12.4. The molecule has 0 aliphatic carbocycles. The lowest BCUT2D eigenvalue weighted by molar-refractivity contribution is -0.123. The van der Waals surface area contributed by atoms with E-state index in [1.165, 1.54) is 18.0 Å². The van der Waals surface area contributed by atoms with Gasteiger partial charge in [-0.3, -0.25) is 14.6 Å². The summed E-state index contributed by atoms with van der Waals surface area (Å²) in [6.45, 7) is 5.79. The van der Waals surface area contributed by atoms with E-state index in [0.29, 0.717) is 18.2 Å². The van der Waals surface area contributed by atoms with Gasteiger partial charge in [-0.25, -0.2) is 9.78 Å². The average molecular weight is 404 g/mol. The number of hydrogen-bond acceptors (Lipinski definition) is 6. The highest BCUT2D eigenvalue weighted by molar-refractivity contribution is 7.09. The van der Waals surface area contributed by atoms with Crippen LogP contribution in [-0.4, -0.2) is 45.7 Å². The predicted molar refractivity (Wildman–Crippen MR) is 108 cm³/mol. The van der Waals surface area contributed by atoms with E-state index in [4.69, 9.17) is 0 Å². The molecule has 0 bridgehead atoms. The van der Waals surface area contributed by atoms with Crippen LogP contribution >= 0.6 is 11.3 Å². The Morgan fingerprint density at radius 1 is 1.29 bits per heavy atom. The van der Waals surface area contributed by atoms with Crippen molar-refractivity contribution in [2.24, 2.45) is 0 Å². The summed E-state index contributed by atoms with van der Waals surface area (Å²) in [4.78, 5) is 46.4. The van der Waals surface area contributed by atoms with Crippen LogP contribution in [0, 0.1) is 0 Å². The summed E-state index contributed by atoms with van der Waals surface area (Å²) in [6, 6.07) is 2.04. The Hall–Kier alpha value is -2.81. The van der Waals surface area contributed by atoms with E-state index < -0.39 is 12.1 Å². The standard InChI is InChI=1S/C19H25N5O3S/c1-12(2)18-22-15(11-28-18)10-24(4)19(27)23-16(13(3)25)8-17(26)21-14-6-5-7-20-9-14/h5-7,9,11-12,16H,8,10H2,1-4H3,(H,21,26)(H,23,27). The van der Waals surface area contributed by atoms with Gasteiger partial charge in [0.15, 0.2) is 5.78 Å². The molecule has 0 aliphatic heterocycles. The predicted octanol–water partition coefficient (Wildman–Crippen LogP) is 2.79. The first-order chi connectivity index (χ1) is 13.3. The molecule has 0 radical (unpaired) electrons. The highest BCUT2D eigenvalue weighted by atomic mass is 32.1. The third-order valence-corrected chi connectivity index (χ3v) is 5.13. The fourth-order valence-corrected chi connectivity index (χ4v) is 3.19. The Balaban J connectivity index is 1.91. The van der Waals surface area contributed by atoms with E-state index in [-0.39, 0.29) is 18.1 Å². The Bertz CT molecular complexity index is 822. The van der Waals surface area contributed by atoms with E-state index >= 15 is 0 Å². The first-order valence-corrected chi connectivity index (χ1v) is 9.80. The monoisotopic (exact) mass is 403 g/mol. The van der Waals surface area contributed by atoms with Crippen LogP contribution in [0.15, 0.2) is 29.9 Å². The van der Waals surface area contributed by atoms with E-state index in [2.05, 4.69) is 34.4 Å². The minimum Gasteiger partial charge on any atom is -0.328 e. The number of aromatic nitrogens is 2. The first-order valence-electron chi connectivity index (χ1n) is 8.92. The van der Waals surface area contributed by atoms with E-state index in [9.17, 15) is 14.4 Å². The second-order valence-corrected chi connectivity index (χ2v) is 7.68. The van der Waals surface area contributed by atoms with Crippen LogP contribution in [-0.2, 0) is 16.1 Å². The molecular weight excluding hydrogens is 378 g/mol. The van der Waals surface area contributed by atoms with Crippen LogP contribution in [0.4, 0.5) is 10.5 Å². The number of hydrogen-bond donors (Lipinski definition) is 2. The van der Waals surface area contributed by atoms with Gasteiger partial charge in [0.1, 0.15) is 0 Å². The molecule has 2 heterocycles. The number of urea groups is 1. The maximum atomic E-state index is 12.4. The van der Waals surface area contributed by atoms with Gasteiger partial charge < -0.3 is 15.5 Å². The molecule has 1 unspecified atom stereocenters. The zero-order valence-corrected chi connectivity index (χ0v) is 17.2. The summed E-state index contributed by atoms with van der Waals surface area (Å²) < 4.78 is 0. The molecular formula is C19H25N5O3S. The molecule has 0 saturated carbocycles. The van der Waals surface area contributed by atoms with E-state index in [1.54, 1.807) is 36.7 Å². The number of nitrogens with one attached hydrogen (secondary N) is 2. The van der Waals surface area contributed by atoms with Crippen LogP contribution in [0.3, 0.4) is 0 Å². The smallest absolute Gasteiger partial charge is 0.318 e. The third kappa shape index (κ3) is 6.41. The number of rotatable bonds is 8. The summed E-state index contributed by atoms with van der Waals surface area (Å²) in [6.07, 6.45) is 2.95. The highest BCUT2D eigenvalue weighted by Gasteiger charge is 2.23. The number of carbonyl (C=O) groups excluding carboxylic acids is 3. The van der Waals surface area contributed by atoms with Crippen molar-refractivity contribution in [1.29, 1.82) is 0 Å². The van der Waals surface area contributed by atoms with Gasteiger partial charge >= 0.3 is 6.03 Å². The summed E-state index contributed by atoms with van der Waals surface area (Å²) in [5, 5.41) is 8.21. The van der Waals surface area contributed by atoms with Gasteiger partial charge in [0, 0.05) is 24.5 Å². The van der Waals surface area contributed by atoms with Crippen molar-refractivity contribution in [3.63, 3.8) is 0 Å². The Morgan fingerprint density at radius 2 is 2.04 bits per heavy atom. The number of ketones is 1. The number of Topliss-reactive ketones (excluding diaryl/α,β-unsaturated/α-hetero) is 1. The van der Waals surface area contributed by atoms with Crippen molar-refractivity contribution in [3.8, 4) is 0 Å². The minimum absolute atomic E-state index is 0.155. The normalized spacial score (nSPS) is 11.8. The lowest BCUT2D eigenvalue weighted by Crippen LogP contribution is -2.47. The lowest BCUT2D eigenvalue weighted by Gasteiger charge is -2.21. The number of amides is 3. The van der Waals surface area contributed by atoms with E-state index in [0.717, 1.165) is 10.7 Å². The van der Waals surface area contributed by atoms with Gasteiger partial charge in [-0.1, -0.05) is 13.8 Å². The minimum atomic E-state index is -0.909. The molecule has 2 aromatic rings. The molecule has 8 nitrogen and oxygen atoms in total. The largest absolute Gasteiger partial charge is 0.328 e. The first kappa shape index (κ1) is 21.5. The molecule has 9 heteroatoms. The molecule has 0 fully saturated rings. The summed E-state index contributed by atoms with van der Waals surface area (Å²) in [5.74, 6) is -0.339. The van der Waals surface area contributed by atoms with Crippen molar-refractivity contribution in [1.82, 2.24) is 20.2 Å². The van der Waals surface area contributed by atoms with E-state index in [1.807, 2.05) is 5.38 Å². The van der Waals surface area contributed by atoms with Crippen molar-refractivity contribution in [3.05, 3.63) is 40.6 Å². The topological polar surface area (TPSA) is 104 Å². The van der Waals surface area contributed by atoms with Crippen LogP contribution in [0.25, 0.3) is 0 Å². The molecule has 0 aliphatic rings. The second kappa shape index (κ2) is 9.93. The summed E-state index contributed by atoms with van der Waals surface area (Å²) in [5.41, 5.74) is 1.32. The molecule has 2 N–H and O–H groups in total. The summed E-state index contributed by atoms with van der Waals surface area (Å²) >= 11 is 1.56. The molecule has 0 aromatic carbocycles. The van der Waals surface area contributed by atoms with Crippen LogP contribution in [0.2, 0.25) is 0 Å².